The summed E-state index contributed by atoms with van der Waals surface area (Å²) in [5.74, 6) is 1.57. The highest BCUT2D eigenvalue weighted by atomic mass is 16.5. The van der Waals surface area contributed by atoms with Crippen molar-refractivity contribution in [2.45, 2.75) is 0 Å². The van der Waals surface area contributed by atoms with Crippen molar-refractivity contribution in [1.82, 2.24) is 9.55 Å². The molecule has 78 valence electrons. The minimum absolute atomic E-state index is 0.0309. The average molecular weight is 204 g/mol. The van der Waals surface area contributed by atoms with Gasteiger partial charge in [-0.25, -0.2) is 0 Å². The van der Waals surface area contributed by atoms with Gasteiger partial charge in [0.1, 0.15) is 11.6 Å². The second-order valence-electron chi connectivity index (χ2n) is 3.26. The van der Waals surface area contributed by atoms with E-state index in [4.69, 9.17) is 4.74 Å². The lowest BCUT2D eigenvalue weighted by Gasteiger charge is -2.02. The fourth-order valence-electron chi connectivity index (χ4n) is 1.46. The van der Waals surface area contributed by atoms with Gasteiger partial charge in [0.15, 0.2) is 0 Å². The molecule has 0 bridgehead atoms. The first kappa shape index (κ1) is 9.58. The summed E-state index contributed by atoms with van der Waals surface area (Å²) in [6.45, 7) is 0. The molecule has 2 aromatic rings. The average Bonchev–Trinajstić information content (AvgIpc) is 2.58. The van der Waals surface area contributed by atoms with E-state index >= 15 is 0 Å². The summed E-state index contributed by atoms with van der Waals surface area (Å²) in [4.78, 5) is 4.01. The van der Waals surface area contributed by atoms with Crippen LogP contribution in [0.2, 0.25) is 0 Å². The van der Waals surface area contributed by atoms with Gasteiger partial charge in [0.2, 0.25) is 5.88 Å². The van der Waals surface area contributed by atoms with Crippen LogP contribution in [0, 0.1) is 0 Å². The normalized spacial score (nSPS) is 10.3. The lowest BCUT2D eigenvalue weighted by Crippen LogP contribution is -1.91. The minimum Gasteiger partial charge on any atom is -0.497 e. The highest BCUT2D eigenvalue weighted by molar-refractivity contribution is 5.57. The van der Waals surface area contributed by atoms with Gasteiger partial charge in [0.25, 0.3) is 0 Å². The molecule has 1 aromatic heterocycles. The van der Waals surface area contributed by atoms with Crippen molar-refractivity contribution < 1.29 is 9.84 Å². The number of aryl methyl sites for hydroxylation is 1. The van der Waals surface area contributed by atoms with Crippen LogP contribution in [0.25, 0.3) is 11.4 Å². The maximum absolute atomic E-state index is 9.24. The number of methoxy groups -OCH3 is 1. The van der Waals surface area contributed by atoms with Gasteiger partial charge in [-0.05, 0) is 24.3 Å². The predicted octanol–water partition coefficient (Wildman–Crippen LogP) is 1.80. The van der Waals surface area contributed by atoms with E-state index in [1.54, 1.807) is 17.9 Å². The van der Waals surface area contributed by atoms with Crippen LogP contribution in [0.5, 0.6) is 11.6 Å². The molecule has 0 atom stereocenters. The van der Waals surface area contributed by atoms with Gasteiger partial charge in [0.05, 0.1) is 13.3 Å². The second kappa shape index (κ2) is 3.65. The first-order chi connectivity index (χ1) is 7.20. The van der Waals surface area contributed by atoms with Crippen LogP contribution in [-0.2, 0) is 7.05 Å². The fraction of sp³-hybridized carbons (Fsp3) is 0.182. The largest absolute Gasteiger partial charge is 0.497 e. The van der Waals surface area contributed by atoms with Crippen LogP contribution in [-0.4, -0.2) is 21.8 Å². The molecule has 0 radical (unpaired) electrons. The van der Waals surface area contributed by atoms with Gasteiger partial charge < -0.3 is 14.4 Å². The molecule has 0 aliphatic rings. The number of hydrogen-bond donors (Lipinski definition) is 1. The van der Waals surface area contributed by atoms with Crippen LogP contribution in [0.15, 0.2) is 30.5 Å². The van der Waals surface area contributed by atoms with Crippen molar-refractivity contribution in [2.24, 2.45) is 7.05 Å². The lowest BCUT2D eigenvalue weighted by molar-refractivity contribution is 0.415. The van der Waals surface area contributed by atoms with Crippen molar-refractivity contribution in [2.75, 3.05) is 7.11 Å². The first-order valence-electron chi connectivity index (χ1n) is 4.57. The van der Waals surface area contributed by atoms with E-state index < -0.39 is 0 Å². The number of benzene rings is 1. The Morgan fingerprint density at radius 1 is 1.27 bits per heavy atom. The smallest absolute Gasteiger partial charge is 0.229 e. The maximum Gasteiger partial charge on any atom is 0.229 e. The van der Waals surface area contributed by atoms with Gasteiger partial charge in [-0.3, -0.25) is 0 Å². The monoisotopic (exact) mass is 204 g/mol. The minimum atomic E-state index is 0.0309. The highest BCUT2D eigenvalue weighted by Gasteiger charge is 2.06. The second-order valence-corrected chi connectivity index (χ2v) is 3.26. The van der Waals surface area contributed by atoms with Crippen molar-refractivity contribution in [3.05, 3.63) is 30.5 Å². The molecule has 0 saturated carbocycles. The Labute approximate surface area is 87.8 Å². The Morgan fingerprint density at radius 2 is 1.93 bits per heavy atom. The summed E-state index contributed by atoms with van der Waals surface area (Å²) in [7, 11) is 3.47. The molecule has 0 amide bonds. The zero-order chi connectivity index (χ0) is 10.8. The maximum atomic E-state index is 9.24. The number of nitrogens with zero attached hydrogens (tertiary/aromatic N) is 2. The molecule has 1 aromatic carbocycles. The quantitative estimate of drug-likeness (QED) is 0.811. The molecule has 0 fully saturated rings. The number of ether oxygens (including phenoxy) is 1. The highest BCUT2D eigenvalue weighted by Crippen LogP contribution is 2.22. The molecule has 0 spiro atoms. The van der Waals surface area contributed by atoms with Crippen molar-refractivity contribution in [3.63, 3.8) is 0 Å². The number of hydrogen-bond acceptors (Lipinski definition) is 3. The Bertz CT molecular complexity index is 460. The first-order valence-corrected chi connectivity index (χ1v) is 4.57. The molecule has 0 aliphatic carbocycles. The van der Waals surface area contributed by atoms with E-state index in [-0.39, 0.29) is 5.88 Å². The Morgan fingerprint density at radius 3 is 2.40 bits per heavy atom. The van der Waals surface area contributed by atoms with Crippen LogP contribution in [0.3, 0.4) is 0 Å². The number of aromatic nitrogens is 2. The molecule has 2 rings (SSSR count). The van der Waals surface area contributed by atoms with Crippen LogP contribution in [0.1, 0.15) is 0 Å². The van der Waals surface area contributed by atoms with E-state index in [0.29, 0.717) is 0 Å². The van der Waals surface area contributed by atoms with Crippen LogP contribution < -0.4 is 4.74 Å². The van der Waals surface area contributed by atoms with Crippen molar-refractivity contribution in [1.29, 1.82) is 0 Å². The Kier molecular flexibility index (Phi) is 2.33. The van der Waals surface area contributed by atoms with Gasteiger partial charge in [0, 0.05) is 12.6 Å². The fourth-order valence-corrected chi connectivity index (χ4v) is 1.46. The van der Waals surface area contributed by atoms with Crippen molar-refractivity contribution in [3.8, 4) is 23.0 Å². The third kappa shape index (κ3) is 1.79. The molecule has 0 saturated heterocycles. The number of imidazole rings is 1. The third-order valence-corrected chi connectivity index (χ3v) is 2.21. The predicted molar refractivity (Wildman–Crippen MR) is 56.9 cm³/mol. The zero-order valence-electron chi connectivity index (χ0n) is 8.64. The molecule has 4 nitrogen and oxygen atoms in total. The van der Waals surface area contributed by atoms with Gasteiger partial charge >= 0.3 is 0 Å². The summed E-state index contributed by atoms with van der Waals surface area (Å²) < 4.78 is 6.84. The van der Waals surface area contributed by atoms with Crippen molar-refractivity contribution >= 4 is 0 Å². The van der Waals surface area contributed by atoms with Crippen LogP contribution >= 0.6 is 0 Å². The van der Waals surface area contributed by atoms with Gasteiger partial charge in [-0.2, -0.15) is 4.98 Å². The standard InChI is InChI=1S/C11H12N2O2/c1-13-7-10(14)12-11(13)8-3-5-9(15-2)6-4-8/h3-7,14H,1-2H3. The van der Waals surface area contributed by atoms with E-state index in [1.165, 1.54) is 0 Å². The van der Waals surface area contributed by atoms with Gasteiger partial charge in [-0.1, -0.05) is 0 Å². The summed E-state index contributed by atoms with van der Waals surface area (Å²) in [5, 5.41) is 9.24. The van der Waals surface area contributed by atoms with Gasteiger partial charge in [-0.15, -0.1) is 0 Å². The molecular weight excluding hydrogens is 192 g/mol. The molecular formula is C11H12N2O2. The summed E-state index contributed by atoms with van der Waals surface area (Å²) in [6.07, 6.45) is 1.57. The molecule has 15 heavy (non-hydrogen) atoms. The topological polar surface area (TPSA) is 47.3 Å². The number of rotatable bonds is 2. The van der Waals surface area contributed by atoms with Crippen LogP contribution in [0.4, 0.5) is 0 Å². The molecule has 0 aliphatic heterocycles. The Hall–Kier alpha value is -1.97. The zero-order valence-corrected chi connectivity index (χ0v) is 8.64. The molecule has 1 heterocycles. The molecule has 4 heteroatoms. The Balaban J connectivity index is 2.41. The number of aromatic hydroxyl groups is 1. The lowest BCUT2D eigenvalue weighted by atomic mass is 10.2. The van der Waals surface area contributed by atoms with E-state index in [9.17, 15) is 5.11 Å². The van der Waals surface area contributed by atoms with E-state index in [1.807, 2.05) is 31.3 Å². The molecule has 1 N–H and O–H groups in total. The summed E-state index contributed by atoms with van der Waals surface area (Å²) in [5.41, 5.74) is 0.943. The van der Waals surface area contributed by atoms with E-state index in [0.717, 1.165) is 17.1 Å². The van der Waals surface area contributed by atoms with E-state index in [2.05, 4.69) is 4.98 Å². The SMILES string of the molecule is COc1ccc(-c2nc(O)cn2C)cc1. The third-order valence-electron chi connectivity index (χ3n) is 2.21. The summed E-state index contributed by atoms with van der Waals surface area (Å²) >= 11 is 0. The summed E-state index contributed by atoms with van der Waals surface area (Å²) in [6, 6.07) is 7.53. The molecule has 0 unspecified atom stereocenters.